The Morgan fingerprint density at radius 1 is 1.06 bits per heavy atom. The van der Waals surface area contributed by atoms with Crippen molar-refractivity contribution in [3.63, 3.8) is 0 Å². The maximum absolute atomic E-state index is 11.1. The molecular formula is C14H11NO2. The fraction of sp³-hybridized carbons (Fsp3) is 0.0714. The van der Waals surface area contributed by atoms with E-state index >= 15 is 0 Å². The molecule has 84 valence electrons. The summed E-state index contributed by atoms with van der Waals surface area (Å²) in [6, 6.07) is 13.9. The van der Waals surface area contributed by atoms with Crippen molar-refractivity contribution in [3.8, 4) is 11.1 Å². The second-order valence-corrected chi connectivity index (χ2v) is 4.09. The van der Waals surface area contributed by atoms with Crippen molar-refractivity contribution in [3.05, 3.63) is 58.6 Å². The highest BCUT2D eigenvalue weighted by molar-refractivity contribution is 5.80. The number of aryl methyl sites for hydroxylation is 1. The van der Waals surface area contributed by atoms with E-state index in [1.807, 2.05) is 30.3 Å². The van der Waals surface area contributed by atoms with Crippen LogP contribution in [0.3, 0.4) is 0 Å². The molecule has 0 atom stereocenters. The van der Waals surface area contributed by atoms with Crippen molar-refractivity contribution in [2.75, 3.05) is 0 Å². The summed E-state index contributed by atoms with van der Waals surface area (Å²) >= 11 is 0. The predicted molar refractivity (Wildman–Crippen MR) is 67.0 cm³/mol. The lowest BCUT2D eigenvalue weighted by Crippen LogP contribution is -1.92. The van der Waals surface area contributed by atoms with Crippen LogP contribution in [-0.4, -0.2) is 4.98 Å². The van der Waals surface area contributed by atoms with Crippen LogP contribution < -0.4 is 5.76 Å². The average Bonchev–Trinajstić information content (AvgIpc) is 2.68. The summed E-state index contributed by atoms with van der Waals surface area (Å²) in [4.78, 5) is 13.7. The second kappa shape index (κ2) is 3.63. The number of H-pyrrole nitrogens is 1. The van der Waals surface area contributed by atoms with Crippen molar-refractivity contribution in [2.45, 2.75) is 6.92 Å². The monoisotopic (exact) mass is 225 g/mol. The standard InChI is InChI=1S/C14H11NO2/c1-9-3-2-4-10(7-9)11-5-6-13-12(8-11)15-14(16)17-13/h2-8H,1H3,(H,15,16). The van der Waals surface area contributed by atoms with E-state index in [-0.39, 0.29) is 0 Å². The molecule has 0 radical (unpaired) electrons. The van der Waals surface area contributed by atoms with E-state index < -0.39 is 5.76 Å². The number of benzene rings is 2. The van der Waals surface area contributed by atoms with Gasteiger partial charge in [-0.2, -0.15) is 0 Å². The minimum Gasteiger partial charge on any atom is -0.408 e. The topological polar surface area (TPSA) is 46.0 Å². The van der Waals surface area contributed by atoms with Crippen molar-refractivity contribution >= 4 is 11.1 Å². The molecule has 1 heterocycles. The highest BCUT2D eigenvalue weighted by Crippen LogP contribution is 2.23. The van der Waals surface area contributed by atoms with Gasteiger partial charge in [-0.05, 0) is 30.2 Å². The van der Waals surface area contributed by atoms with Crippen LogP contribution in [0.1, 0.15) is 5.56 Å². The number of fused-ring (bicyclic) bond motifs is 1. The van der Waals surface area contributed by atoms with Gasteiger partial charge in [-0.15, -0.1) is 0 Å². The van der Waals surface area contributed by atoms with Crippen LogP contribution in [0.25, 0.3) is 22.2 Å². The van der Waals surface area contributed by atoms with Crippen LogP contribution >= 0.6 is 0 Å². The lowest BCUT2D eigenvalue weighted by atomic mass is 10.0. The molecule has 0 aliphatic heterocycles. The Kier molecular flexibility index (Phi) is 2.11. The Bertz CT molecular complexity index is 737. The molecular weight excluding hydrogens is 214 g/mol. The van der Waals surface area contributed by atoms with Crippen LogP contribution in [0.15, 0.2) is 51.7 Å². The fourth-order valence-electron chi connectivity index (χ4n) is 1.96. The molecule has 0 unspecified atom stereocenters. The Balaban J connectivity index is 2.20. The normalized spacial score (nSPS) is 10.9. The van der Waals surface area contributed by atoms with Crippen molar-refractivity contribution < 1.29 is 4.42 Å². The maximum atomic E-state index is 11.1. The molecule has 3 heteroatoms. The molecule has 0 bridgehead atoms. The Labute approximate surface area is 97.7 Å². The first-order chi connectivity index (χ1) is 8.22. The SMILES string of the molecule is Cc1cccc(-c2ccc3oc(=O)[nH]c3c2)c1. The molecule has 3 rings (SSSR count). The molecule has 0 aliphatic carbocycles. The van der Waals surface area contributed by atoms with Gasteiger partial charge in [0.05, 0.1) is 5.52 Å². The van der Waals surface area contributed by atoms with E-state index in [1.165, 1.54) is 5.56 Å². The minimum atomic E-state index is -0.415. The first-order valence-corrected chi connectivity index (χ1v) is 5.42. The summed E-state index contributed by atoms with van der Waals surface area (Å²) in [5.41, 5.74) is 4.73. The molecule has 0 amide bonds. The van der Waals surface area contributed by atoms with E-state index in [9.17, 15) is 4.79 Å². The highest BCUT2D eigenvalue weighted by Gasteiger charge is 2.03. The van der Waals surface area contributed by atoms with Crippen LogP contribution in [0, 0.1) is 6.92 Å². The van der Waals surface area contributed by atoms with E-state index in [0.717, 1.165) is 16.6 Å². The van der Waals surface area contributed by atoms with E-state index in [2.05, 4.69) is 24.0 Å². The number of hydrogen-bond acceptors (Lipinski definition) is 2. The van der Waals surface area contributed by atoms with Gasteiger partial charge in [0.1, 0.15) is 0 Å². The van der Waals surface area contributed by atoms with Crippen LogP contribution in [0.5, 0.6) is 0 Å². The van der Waals surface area contributed by atoms with Gasteiger partial charge >= 0.3 is 5.76 Å². The molecule has 3 aromatic rings. The van der Waals surface area contributed by atoms with Gasteiger partial charge < -0.3 is 4.42 Å². The number of rotatable bonds is 1. The predicted octanol–water partition coefficient (Wildman–Crippen LogP) is 3.10. The summed E-state index contributed by atoms with van der Waals surface area (Å²) in [7, 11) is 0. The summed E-state index contributed by atoms with van der Waals surface area (Å²) in [5, 5.41) is 0. The van der Waals surface area contributed by atoms with Gasteiger partial charge in [0, 0.05) is 0 Å². The summed E-state index contributed by atoms with van der Waals surface area (Å²) in [6.45, 7) is 2.06. The quantitative estimate of drug-likeness (QED) is 0.691. The third-order valence-electron chi connectivity index (χ3n) is 2.77. The summed E-state index contributed by atoms with van der Waals surface area (Å²) in [6.07, 6.45) is 0. The molecule has 17 heavy (non-hydrogen) atoms. The number of aromatic nitrogens is 1. The third kappa shape index (κ3) is 1.76. The fourth-order valence-corrected chi connectivity index (χ4v) is 1.96. The van der Waals surface area contributed by atoms with Crippen molar-refractivity contribution in [2.24, 2.45) is 0 Å². The molecule has 2 aromatic carbocycles. The molecule has 0 saturated heterocycles. The van der Waals surface area contributed by atoms with E-state index in [0.29, 0.717) is 5.58 Å². The molecule has 0 spiro atoms. The molecule has 3 nitrogen and oxygen atoms in total. The first-order valence-electron chi connectivity index (χ1n) is 5.42. The Hall–Kier alpha value is -2.29. The summed E-state index contributed by atoms with van der Waals surface area (Å²) < 4.78 is 4.97. The van der Waals surface area contributed by atoms with Gasteiger partial charge in [0.25, 0.3) is 0 Å². The number of oxazole rings is 1. The van der Waals surface area contributed by atoms with Gasteiger partial charge in [-0.3, -0.25) is 4.98 Å². The Morgan fingerprint density at radius 2 is 1.88 bits per heavy atom. The highest BCUT2D eigenvalue weighted by atomic mass is 16.4. The number of hydrogen-bond donors (Lipinski definition) is 1. The number of nitrogens with one attached hydrogen (secondary N) is 1. The minimum absolute atomic E-state index is 0.415. The zero-order valence-corrected chi connectivity index (χ0v) is 9.36. The van der Waals surface area contributed by atoms with Gasteiger partial charge in [-0.1, -0.05) is 35.9 Å². The Morgan fingerprint density at radius 3 is 2.71 bits per heavy atom. The molecule has 0 saturated carbocycles. The largest absolute Gasteiger partial charge is 0.417 e. The van der Waals surface area contributed by atoms with E-state index in [4.69, 9.17) is 4.42 Å². The lowest BCUT2D eigenvalue weighted by molar-refractivity contribution is 0.555. The zero-order chi connectivity index (χ0) is 11.8. The molecule has 0 aliphatic rings. The third-order valence-corrected chi connectivity index (χ3v) is 2.77. The molecule has 0 fully saturated rings. The number of aromatic amines is 1. The van der Waals surface area contributed by atoms with Gasteiger partial charge in [0.2, 0.25) is 0 Å². The smallest absolute Gasteiger partial charge is 0.408 e. The maximum Gasteiger partial charge on any atom is 0.417 e. The van der Waals surface area contributed by atoms with Gasteiger partial charge in [-0.25, -0.2) is 4.79 Å². The molecule has 1 N–H and O–H groups in total. The average molecular weight is 225 g/mol. The van der Waals surface area contributed by atoms with Crippen LogP contribution in [0.4, 0.5) is 0 Å². The second-order valence-electron chi connectivity index (χ2n) is 4.09. The van der Waals surface area contributed by atoms with Crippen LogP contribution in [0.2, 0.25) is 0 Å². The van der Waals surface area contributed by atoms with E-state index in [1.54, 1.807) is 0 Å². The van der Waals surface area contributed by atoms with Crippen LogP contribution in [-0.2, 0) is 0 Å². The zero-order valence-electron chi connectivity index (χ0n) is 9.36. The molecule has 1 aromatic heterocycles. The lowest BCUT2D eigenvalue weighted by Gasteiger charge is -2.02. The van der Waals surface area contributed by atoms with Gasteiger partial charge in [0.15, 0.2) is 5.58 Å². The van der Waals surface area contributed by atoms with Crippen molar-refractivity contribution in [1.29, 1.82) is 0 Å². The van der Waals surface area contributed by atoms with Crippen molar-refractivity contribution in [1.82, 2.24) is 4.98 Å². The first kappa shape index (κ1) is 9.90. The summed E-state index contributed by atoms with van der Waals surface area (Å²) in [5.74, 6) is -0.415.